The fraction of sp³-hybridized carbons (Fsp3) is 0.531. The molecule has 230 valence electrons. The van der Waals surface area contributed by atoms with Gasteiger partial charge in [0, 0.05) is 17.7 Å². The Bertz CT molecular complexity index is 1340. The highest BCUT2D eigenvalue weighted by molar-refractivity contribution is 6.06. The topological polar surface area (TPSA) is 107 Å². The van der Waals surface area contributed by atoms with Crippen molar-refractivity contribution in [2.24, 2.45) is 5.41 Å². The van der Waals surface area contributed by atoms with Gasteiger partial charge in [0.15, 0.2) is 34.6 Å². The van der Waals surface area contributed by atoms with Gasteiger partial charge in [-0.2, -0.15) is 0 Å². The summed E-state index contributed by atoms with van der Waals surface area (Å²) in [4.78, 5) is 27.4. The van der Waals surface area contributed by atoms with Crippen LogP contribution < -0.4 is 18.9 Å². The molecule has 1 heterocycles. The Morgan fingerprint density at radius 1 is 0.881 bits per heavy atom. The molecule has 0 saturated carbocycles. The van der Waals surface area contributed by atoms with E-state index in [9.17, 15) is 9.59 Å². The maximum absolute atomic E-state index is 15.5. The predicted octanol–water partition coefficient (Wildman–Crippen LogP) is 6.27. The van der Waals surface area contributed by atoms with E-state index in [0.717, 1.165) is 0 Å². The Morgan fingerprint density at radius 2 is 1.48 bits per heavy atom. The molecule has 42 heavy (non-hydrogen) atoms. The molecule has 2 aromatic carbocycles. The first-order chi connectivity index (χ1) is 19.6. The van der Waals surface area contributed by atoms with Crippen molar-refractivity contribution in [1.29, 1.82) is 5.41 Å². The fourth-order valence-electron chi connectivity index (χ4n) is 4.51. The lowest BCUT2D eigenvalue weighted by Gasteiger charge is -2.26. The van der Waals surface area contributed by atoms with Crippen LogP contribution in [-0.4, -0.2) is 55.6 Å². The van der Waals surface area contributed by atoms with Gasteiger partial charge in [-0.1, -0.05) is 20.8 Å². The highest BCUT2D eigenvalue weighted by Crippen LogP contribution is 2.41. The maximum atomic E-state index is 15.5. The molecule has 0 radical (unpaired) electrons. The Hall–Kier alpha value is -3.82. The molecule has 0 fully saturated rings. The van der Waals surface area contributed by atoms with Gasteiger partial charge in [-0.25, -0.2) is 4.39 Å². The quantitative estimate of drug-likeness (QED) is 0.176. The summed E-state index contributed by atoms with van der Waals surface area (Å²) in [6.07, 6.45) is 0. The van der Waals surface area contributed by atoms with Crippen LogP contribution in [0.4, 0.5) is 4.39 Å². The zero-order valence-corrected chi connectivity index (χ0v) is 26.2. The van der Waals surface area contributed by atoms with Gasteiger partial charge in [-0.15, -0.1) is 0 Å². The number of halogens is 1. The number of fused-ring (bicyclic) bond motifs is 1. The zero-order chi connectivity index (χ0) is 31.4. The average molecular weight is 587 g/mol. The maximum Gasteiger partial charge on any atom is 0.314 e. The van der Waals surface area contributed by atoms with Crippen LogP contribution in [-0.2, 0) is 21.5 Å². The molecule has 1 aliphatic rings. The van der Waals surface area contributed by atoms with Crippen LogP contribution >= 0.6 is 0 Å². The number of hydrogen-bond acceptors (Lipinski definition) is 8. The third-order valence-electron chi connectivity index (χ3n) is 6.60. The molecule has 0 saturated heterocycles. The summed E-state index contributed by atoms with van der Waals surface area (Å²) < 4.78 is 43.7. The predicted molar refractivity (Wildman–Crippen MR) is 158 cm³/mol. The summed E-state index contributed by atoms with van der Waals surface area (Å²) >= 11 is 0. The van der Waals surface area contributed by atoms with E-state index in [-0.39, 0.29) is 55.2 Å². The van der Waals surface area contributed by atoms with Gasteiger partial charge < -0.3 is 28.6 Å². The Balaban J connectivity index is 1.92. The van der Waals surface area contributed by atoms with Crippen molar-refractivity contribution in [3.8, 4) is 23.0 Å². The number of Topliss-reactive ketones (excluding diaryl/α,β-unsaturated/α-hetero) is 1. The van der Waals surface area contributed by atoms with Crippen LogP contribution in [0.15, 0.2) is 18.2 Å². The van der Waals surface area contributed by atoms with E-state index in [4.69, 9.17) is 29.1 Å². The monoisotopic (exact) mass is 586 g/mol. The molecule has 3 rings (SSSR count). The van der Waals surface area contributed by atoms with Gasteiger partial charge in [0.2, 0.25) is 6.79 Å². The number of ether oxygens (including phenoxy) is 5. The van der Waals surface area contributed by atoms with E-state index in [0.29, 0.717) is 41.4 Å². The van der Waals surface area contributed by atoms with E-state index < -0.39 is 22.6 Å². The van der Waals surface area contributed by atoms with Crippen LogP contribution in [0.5, 0.6) is 23.0 Å². The lowest BCUT2D eigenvalue weighted by molar-refractivity contribution is -0.159. The smallest absolute Gasteiger partial charge is 0.314 e. The normalized spacial score (nSPS) is 13.1. The minimum Gasteiger partial charge on any atom is -0.490 e. The molecular formula is C32H43FN2O7. The number of benzene rings is 2. The number of esters is 1. The van der Waals surface area contributed by atoms with Crippen molar-refractivity contribution in [2.75, 3.05) is 33.2 Å². The second kappa shape index (κ2) is 13.0. The van der Waals surface area contributed by atoms with E-state index in [2.05, 4.69) is 0 Å². The second-order valence-electron chi connectivity index (χ2n) is 12.0. The third-order valence-corrected chi connectivity index (χ3v) is 6.60. The number of nitrogens with one attached hydrogen (secondary N) is 1. The molecule has 0 atom stereocenters. The summed E-state index contributed by atoms with van der Waals surface area (Å²) in [5.74, 6) is -0.474. The zero-order valence-electron chi connectivity index (χ0n) is 26.2. The summed E-state index contributed by atoms with van der Waals surface area (Å²) in [5.41, 5.74) is 0.561. The molecule has 10 heteroatoms. The first kappa shape index (κ1) is 32.7. The average Bonchev–Trinajstić information content (AvgIpc) is 3.20. The molecule has 1 N–H and O–H groups in total. The number of amidine groups is 1. The van der Waals surface area contributed by atoms with Gasteiger partial charge in [0.1, 0.15) is 5.84 Å². The number of nitrogens with zero attached hydrogens (tertiary/aromatic N) is 1. The Labute approximate surface area is 247 Å². The van der Waals surface area contributed by atoms with E-state index in [1.165, 1.54) is 4.90 Å². The molecule has 0 aromatic heterocycles. The number of hydrogen-bond donors (Lipinski definition) is 1. The van der Waals surface area contributed by atoms with Crippen LogP contribution in [0.2, 0.25) is 0 Å². The minimum atomic E-state index is -0.684. The number of carbonyl (C=O) groups excluding carboxylic acids is 2. The van der Waals surface area contributed by atoms with Crippen LogP contribution in [0.1, 0.15) is 89.4 Å². The highest BCUT2D eigenvalue weighted by atomic mass is 19.1. The Kier molecular flexibility index (Phi) is 10.1. The Morgan fingerprint density at radius 3 is 2.02 bits per heavy atom. The van der Waals surface area contributed by atoms with Crippen molar-refractivity contribution in [2.45, 2.75) is 74.3 Å². The molecule has 2 aromatic rings. The van der Waals surface area contributed by atoms with Crippen LogP contribution in [0, 0.1) is 16.6 Å². The number of rotatable bonds is 12. The second-order valence-corrected chi connectivity index (χ2v) is 12.0. The van der Waals surface area contributed by atoms with Crippen molar-refractivity contribution < 1.29 is 37.7 Å². The molecule has 9 nitrogen and oxygen atoms in total. The van der Waals surface area contributed by atoms with Gasteiger partial charge >= 0.3 is 5.97 Å². The summed E-state index contributed by atoms with van der Waals surface area (Å²) in [6, 6.07) is 5.00. The SMILES string of the molecule is CCOc1cc(C(=O)CN2Cc3cc(OCC)c(OCC)c(F)c3C2=N)cc(C(C)(C)C)c1OCOC(=O)C(C)(C)C. The van der Waals surface area contributed by atoms with Crippen LogP contribution in [0.25, 0.3) is 0 Å². The van der Waals surface area contributed by atoms with Gasteiger partial charge in [0.25, 0.3) is 0 Å². The lowest BCUT2D eigenvalue weighted by Crippen LogP contribution is -2.31. The van der Waals surface area contributed by atoms with Crippen LogP contribution in [0.3, 0.4) is 0 Å². The summed E-state index contributed by atoms with van der Waals surface area (Å²) in [7, 11) is 0. The van der Waals surface area contributed by atoms with Crippen molar-refractivity contribution in [1.82, 2.24) is 4.90 Å². The number of ketones is 1. The van der Waals surface area contributed by atoms with E-state index >= 15 is 4.39 Å². The van der Waals surface area contributed by atoms with Crippen molar-refractivity contribution >= 4 is 17.6 Å². The fourth-order valence-corrected chi connectivity index (χ4v) is 4.51. The van der Waals surface area contributed by atoms with E-state index in [1.807, 2.05) is 27.7 Å². The highest BCUT2D eigenvalue weighted by Gasteiger charge is 2.34. The van der Waals surface area contributed by atoms with Gasteiger partial charge in [-0.3, -0.25) is 15.0 Å². The molecular weight excluding hydrogens is 543 g/mol. The summed E-state index contributed by atoms with van der Waals surface area (Å²) in [6.45, 7) is 17.1. The van der Waals surface area contributed by atoms with Gasteiger partial charge in [0.05, 0.1) is 37.3 Å². The molecule has 0 unspecified atom stereocenters. The van der Waals surface area contributed by atoms with E-state index in [1.54, 1.807) is 52.8 Å². The largest absolute Gasteiger partial charge is 0.490 e. The minimum absolute atomic E-state index is 0.0315. The first-order valence-corrected chi connectivity index (χ1v) is 14.2. The first-order valence-electron chi connectivity index (χ1n) is 14.2. The van der Waals surface area contributed by atoms with Crippen molar-refractivity contribution in [3.05, 3.63) is 46.3 Å². The standard InChI is InChI=1S/C32H43FN2O7/c1-10-38-23-14-19(13-21(31(4,5)6)27(23)41-18-42-30(37)32(7,8)9)22(36)17-35-16-20-15-24(39-11-2)28(40-12-3)26(33)25(20)29(35)34/h13-15,34H,10-12,16-18H2,1-9H3. The summed E-state index contributed by atoms with van der Waals surface area (Å²) in [5, 5.41) is 8.68. The van der Waals surface area contributed by atoms with Crippen molar-refractivity contribution in [3.63, 3.8) is 0 Å². The lowest BCUT2D eigenvalue weighted by atomic mass is 9.84. The molecule has 0 bridgehead atoms. The molecule has 0 amide bonds. The third kappa shape index (κ3) is 7.14. The molecule has 0 spiro atoms. The number of carbonyl (C=O) groups is 2. The molecule has 0 aliphatic carbocycles. The van der Waals surface area contributed by atoms with Gasteiger partial charge in [-0.05, 0) is 70.7 Å². The molecule has 1 aliphatic heterocycles.